The second kappa shape index (κ2) is 7.62. The van der Waals surface area contributed by atoms with Gasteiger partial charge in [0.25, 0.3) is 0 Å². The molecule has 1 aromatic rings. The van der Waals surface area contributed by atoms with Gasteiger partial charge in [0.1, 0.15) is 0 Å². The molecule has 2 saturated heterocycles. The third kappa shape index (κ3) is 3.80. The Morgan fingerprint density at radius 1 is 1.22 bits per heavy atom. The number of morpholine rings is 1. The van der Waals surface area contributed by atoms with E-state index in [0.717, 1.165) is 39.3 Å². The molecule has 2 aliphatic heterocycles. The summed E-state index contributed by atoms with van der Waals surface area (Å²) >= 11 is 1.79. The lowest BCUT2D eigenvalue weighted by Crippen LogP contribution is -2.51. The molecule has 1 aromatic heterocycles. The molecular formula is C18H28N2O2S. The predicted molar refractivity (Wildman–Crippen MR) is 92.9 cm³/mol. The molecular weight excluding hydrogens is 308 g/mol. The van der Waals surface area contributed by atoms with Crippen LogP contribution in [0.1, 0.15) is 31.2 Å². The van der Waals surface area contributed by atoms with Gasteiger partial charge in [-0.05, 0) is 61.2 Å². The van der Waals surface area contributed by atoms with E-state index in [2.05, 4.69) is 26.6 Å². The highest BCUT2D eigenvalue weighted by molar-refractivity contribution is 7.07. The lowest BCUT2D eigenvalue weighted by Gasteiger charge is -2.39. The largest absolute Gasteiger partial charge is 0.374 e. The summed E-state index contributed by atoms with van der Waals surface area (Å²) < 4.78 is 12.3. The Bertz CT molecular complexity index is 475. The van der Waals surface area contributed by atoms with Gasteiger partial charge in [-0.2, -0.15) is 11.3 Å². The van der Waals surface area contributed by atoms with Crippen molar-refractivity contribution in [1.29, 1.82) is 0 Å². The van der Waals surface area contributed by atoms with E-state index in [-0.39, 0.29) is 6.10 Å². The van der Waals surface area contributed by atoms with Crippen molar-refractivity contribution in [2.75, 3.05) is 39.4 Å². The van der Waals surface area contributed by atoms with E-state index >= 15 is 0 Å². The normalized spacial score (nSPS) is 32.4. The number of rotatable bonds is 6. The summed E-state index contributed by atoms with van der Waals surface area (Å²) in [6.07, 6.45) is 5.65. The van der Waals surface area contributed by atoms with Crippen LogP contribution in [0.15, 0.2) is 16.8 Å². The van der Waals surface area contributed by atoms with Crippen molar-refractivity contribution < 1.29 is 9.47 Å². The van der Waals surface area contributed by atoms with Crippen LogP contribution in [0.5, 0.6) is 0 Å². The van der Waals surface area contributed by atoms with Crippen LogP contribution in [0.4, 0.5) is 0 Å². The third-order valence-electron chi connectivity index (χ3n) is 5.55. The molecule has 4 rings (SSSR count). The van der Waals surface area contributed by atoms with Crippen molar-refractivity contribution in [2.45, 2.75) is 50.5 Å². The van der Waals surface area contributed by atoms with Crippen LogP contribution in [-0.2, 0) is 16.0 Å². The molecule has 0 amide bonds. The third-order valence-corrected chi connectivity index (χ3v) is 6.29. The number of hydrogen-bond acceptors (Lipinski definition) is 5. The minimum Gasteiger partial charge on any atom is -0.374 e. The molecule has 3 heterocycles. The minimum atomic E-state index is 0.279. The molecule has 1 saturated carbocycles. The van der Waals surface area contributed by atoms with Crippen LogP contribution < -0.4 is 0 Å². The number of ether oxygens (including phenoxy) is 2. The number of hydrogen-bond donors (Lipinski definition) is 0. The van der Waals surface area contributed by atoms with Gasteiger partial charge in [0.2, 0.25) is 0 Å². The zero-order valence-electron chi connectivity index (χ0n) is 13.9. The van der Waals surface area contributed by atoms with Crippen molar-refractivity contribution in [2.24, 2.45) is 0 Å². The number of nitrogens with zero attached hydrogens (tertiary/aromatic N) is 2. The van der Waals surface area contributed by atoms with Gasteiger partial charge in [-0.3, -0.25) is 4.90 Å². The van der Waals surface area contributed by atoms with E-state index < -0.39 is 0 Å². The van der Waals surface area contributed by atoms with Gasteiger partial charge in [-0.25, -0.2) is 0 Å². The van der Waals surface area contributed by atoms with Crippen LogP contribution in [0.3, 0.4) is 0 Å². The summed E-state index contributed by atoms with van der Waals surface area (Å²) in [5.74, 6) is 0. The Morgan fingerprint density at radius 3 is 2.96 bits per heavy atom. The number of fused-ring (bicyclic) bond motifs is 1. The van der Waals surface area contributed by atoms with E-state index in [1.165, 1.54) is 37.9 Å². The first-order valence-corrected chi connectivity index (χ1v) is 10.0. The highest BCUT2D eigenvalue weighted by Crippen LogP contribution is 2.33. The summed E-state index contributed by atoms with van der Waals surface area (Å²) in [5.41, 5.74) is 1.44. The molecule has 4 nitrogen and oxygen atoms in total. The molecule has 23 heavy (non-hydrogen) atoms. The zero-order chi connectivity index (χ0) is 15.5. The van der Waals surface area contributed by atoms with Crippen LogP contribution in [-0.4, -0.2) is 67.4 Å². The molecule has 0 radical (unpaired) electrons. The van der Waals surface area contributed by atoms with Gasteiger partial charge < -0.3 is 14.4 Å². The van der Waals surface area contributed by atoms with Crippen LogP contribution in [0.25, 0.3) is 0 Å². The first-order valence-electron chi connectivity index (χ1n) is 9.11. The first-order chi connectivity index (χ1) is 11.4. The zero-order valence-corrected chi connectivity index (χ0v) is 14.7. The van der Waals surface area contributed by atoms with E-state index in [1.54, 1.807) is 11.3 Å². The Balaban J connectivity index is 1.28. The van der Waals surface area contributed by atoms with Crippen LogP contribution >= 0.6 is 11.3 Å². The number of likely N-dealkylation sites (tertiary alicyclic amines) is 1. The molecule has 128 valence electrons. The van der Waals surface area contributed by atoms with Gasteiger partial charge in [0.05, 0.1) is 25.4 Å². The summed E-state index contributed by atoms with van der Waals surface area (Å²) in [4.78, 5) is 5.14. The van der Waals surface area contributed by atoms with Crippen molar-refractivity contribution in [3.63, 3.8) is 0 Å². The molecule has 3 atom stereocenters. The topological polar surface area (TPSA) is 24.9 Å². The van der Waals surface area contributed by atoms with Gasteiger partial charge in [0.15, 0.2) is 0 Å². The molecule has 0 unspecified atom stereocenters. The summed E-state index contributed by atoms with van der Waals surface area (Å²) in [7, 11) is 0. The molecule has 3 fully saturated rings. The maximum Gasteiger partial charge on any atom is 0.0992 e. The van der Waals surface area contributed by atoms with E-state index in [4.69, 9.17) is 9.47 Å². The quantitative estimate of drug-likeness (QED) is 0.797. The van der Waals surface area contributed by atoms with Gasteiger partial charge in [0, 0.05) is 25.7 Å². The summed E-state index contributed by atoms with van der Waals surface area (Å²) in [5, 5.41) is 4.44. The fourth-order valence-electron chi connectivity index (χ4n) is 4.32. The van der Waals surface area contributed by atoms with Crippen molar-refractivity contribution in [3.8, 4) is 0 Å². The molecule has 0 N–H and O–H groups in total. The molecule has 0 bridgehead atoms. The molecule has 0 aromatic carbocycles. The van der Waals surface area contributed by atoms with Gasteiger partial charge >= 0.3 is 0 Å². The van der Waals surface area contributed by atoms with Crippen molar-refractivity contribution in [1.82, 2.24) is 9.80 Å². The lowest BCUT2D eigenvalue weighted by atomic mass is 10.1. The first kappa shape index (κ1) is 16.0. The molecule has 5 heteroatoms. The Hall–Kier alpha value is -0.460. The fraction of sp³-hybridized carbons (Fsp3) is 0.778. The Morgan fingerprint density at radius 2 is 2.13 bits per heavy atom. The van der Waals surface area contributed by atoms with Crippen molar-refractivity contribution >= 4 is 11.3 Å². The number of thiophene rings is 1. The predicted octanol–water partition coefficient (Wildman–Crippen LogP) is 2.59. The standard InChI is InChI=1S/C18H28N2O2S/c1-2-7-19(6-1)8-10-21-17-4-3-16-18(17)22-11-9-20(16)13-15-5-12-23-14-15/h5,12,14,16-18H,1-4,6-11,13H2/t16-,17+,18+/m0/s1. The highest BCUT2D eigenvalue weighted by atomic mass is 32.1. The van der Waals surface area contributed by atoms with Crippen LogP contribution in [0, 0.1) is 0 Å². The molecule has 0 spiro atoms. The maximum absolute atomic E-state index is 6.23. The molecule has 1 aliphatic carbocycles. The van der Waals surface area contributed by atoms with Crippen molar-refractivity contribution in [3.05, 3.63) is 22.4 Å². The second-order valence-electron chi connectivity index (χ2n) is 7.04. The summed E-state index contributed by atoms with van der Waals surface area (Å²) in [6.45, 7) is 7.42. The average Bonchev–Trinajstić information content (AvgIpc) is 3.30. The van der Waals surface area contributed by atoms with Crippen LogP contribution in [0.2, 0.25) is 0 Å². The maximum atomic E-state index is 6.23. The van der Waals surface area contributed by atoms with E-state index in [1.807, 2.05) is 0 Å². The minimum absolute atomic E-state index is 0.279. The highest BCUT2D eigenvalue weighted by Gasteiger charge is 2.43. The molecule has 3 aliphatic rings. The lowest BCUT2D eigenvalue weighted by molar-refractivity contribution is -0.116. The summed E-state index contributed by atoms with van der Waals surface area (Å²) in [6, 6.07) is 2.79. The monoisotopic (exact) mass is 336 g/mol. The fourth-order valence-corrected chi connectivity index (χ4v) is 4.98. The second-order valence-corrected chi connectivity index (χ2v) is 7.82. The Labute approximate surface area is 143 Å². The average molecular weight is 337 g/mol. The van der Waals surface area contributed by atoms with E-state index in [9.17, 15) is 0 Å². The van der Waals surface area contributed by atoms with Gasteiger partial charge in [-0.1, -0.05) is 0 Å². The van der Waals surface area contributed by atoms with E-state index in [0.29, 0.717) is 12.1 Å². The van der Waals surface area contributed by atoms with Gasteiger partial charge in [-0.15, -0.1) is 0 Å². The smallest absolute Gasteiger partial charge is 0.0992 e. The Kier molecular flexibility index (Phi) is 5.31. The SMILES string of the molecule is c1cc(CN2CCO[C@H]3[C@H](OCCN4CCCC4)CC[C@@H]32)cs1.